The van der Waals surface area contributed by atoms with E-state index in [-0.39, 0.29) is 24.2 Å². The third-order valence-corrected chi connectivity index (χ3v) is 5.32. The third-order valence-electron chi connectivity index (χ3n) is 5.03. The van der Waals surface area contributed by atoms with Gasteiger partial charge in [-0.1, -0.05) is 24.4 Å². The number of likely N-dealkylation sites (tertiary alicyclic amines) is 1. The molecule has 1 atom stereocenters. The van der Waals surface area contributed by atoms with E-state index in [1.165, 1.54) is 14.2 Å². The molecule has 0 bridgehead atoms. The van der Waals surface area contributed by atoms with Gasteiger partial charge in [-0.2, -0.15) is 0 Å². The summed E-state index contributed by atoms with van der Waals surface area (Å²) in [4.78, 5) is 26.8. The maximum Gasteiger partial charge on any atom is 0.229 e. The first-order valence-corrected chi connectivity index (χ1v) is 8.93. The fraction of sp³-hybridized carbons (Fsp3) is 0.556. The largest absolute Gasteiger partial charge is 0.495 e. The Labute approximate surface area is 152 Å². The first-order valence-electron chi connectivity index (χ1n) is 8.55. The Morgan fingerprint density at radius 2 is 1.88 bits per heavy atom. The molecule has 136 valence electrons. The number of amides is 2. The van der Waals surface area contributed by atoms with Gasteiger partial charge in [0.2, 0.25) is 11.8 Å². The maximum atomic E-state index is 12.6. The SMILES string of the molecule is COc1cc(OC)c(NC(=O)C2CC(=O)N(C3CCCC3)C2)cc1Cl. The topological polar surface area (TPSA) is 67.9 Å². The molecule has 1 unspecified atom stereocenters. The molecule has 1 N–H and O–H groups in total. The van der Waals surface area contributed by atoms with Crippen LogP contribution >= 0.6 is 11.6 Å². The zero-order chi connectivity index (χ0) is 18.0. The standard InChI is InChI=1S/C18H23ClN2O4/c1-24-15-9-16(25-2)14(8-13(15)19)20-18(23)11-7-17(22)21(10-11)12-5-3-4-6-12/h8-9,11-12H,3-7,10H2,1-2H3,(H,20,23). The van der Waals surface area contributed by atoms with E-state index >= 15 is 0 Å². The van der Waals surface area contributed by atoms with E-state index in [9.17, 15) is 9.59 Å². The number of carbonyl (C=O) groups excluding carboxylic acids is 2. The number of hydrogen-bond donors (Lipinski definition) is 1. The smallest absolute Gasteiger partial charge is 0.229 e. The van der Waals surface area contributed by atoms with Gasteiger partial charge in [0.1, 0.15) is 11.5 Å². The van der Waals surface area contributed by atoms with Gasteiger partial charge in [-0.15, -0.1) is 0 Å². The summed E-state index contributed by atoms with van der Waals surface area (Å²) in [5.74, 6) is 0.477. The molecular weight excluding hydrogens is 344 g/mol. The predicted octanol–water partition coefficient (Wildman–Crippen LogP) is 3.09. The fourth-order valence-corrected chi connectivity index (χ4v) is 3.91. The summed E-state index contributed by atoms with van der Waals surface area (Å²) in [5.41, 5.74) is 0.477. The summed E-state index contributed by atoms with van der Waals surface area (Å²) in [6, 6.07) is 3.53. The van der Waals surface area contributed by atoms with Crippen LogP contribution in [0.3, 0.4) is 0 Å². The van der Waals surface area contributed by atoms with Gasteiger partial charge in [0.25, 0.3) is 0 Å². The first kappa shape index (κ1) is 17.9. The number of ether oxygens (including phenoxy) is 2. The highest BCUT2D eigenvalue weighted by atomic mass is 35.5. The minimum absolute atomic E-state index is 0.0757. The van der Waals surface area contributed by atoms with Crippen LogP contribution in [0.2, 0.25) is 5.02 Å². The summed E-state index contributed by atoms with van der Waals surface area (Å²) in [5, 5.41) is 3.23. The van der Waals surface area contributed by atoms with Gasteiger partial charge in [0.15, 0.2) is 0 Å². The van der Waals surface area contributed by atoms with E-state index in [2.05, 4.69) is 5.32 Å². The van der Waals surface area contributed by atoms with Crippen molar-refractivity contribution in [3.8, 4) is 11.5 Å². The molecule has 25 heavy (non-hydrogen) atoms. The Morgan fingerprint density at radius 1 is 1.20 bits per heavy atom. The molecule has 1 saturated carbocycles. The molecule has 7 heteroatoms. The first-order chi connectivity index (χ1) is 12.0. The zero-order valence-corrected chi connectivity index (χ0v) is 15.3. The van der Waals surface area contributed by atoms with E-state index in [1.807, 2.05) is 4.90 Å². The van der Waals surface area contributed by atoms with Crippen LogP contribution in [0.15, 0.2) is 12.1 Å². The number of nitrogens with zero attached hydrogens (tertiary/aromatic N) is 1. The van der Waals surface area contributed by atoms with Gasteiger partial charge in [-0.25, -0.2) is 0 Å². The van der Waals surface area contributed by atoms with Gasteiger partial charge in [-0.05, 0) is 18.9 Å². The van der Waals surface area contributed by atoms with Crippen molar-refractivity contribution in [3.63, 3.8) is 0 Å². The quantitative estimate of drug-likeness (QED) is 0.869. The van der Waals surface area contributed by atoms with Crippen molar-refractivity contribution in [1.29, 1.82) is 0 Å². The van der Waals surface area contributed by atoms with Crippen LogP contribution in [0.5, 0.6) is 11.5 Å². The lowest BCUT2D eigenvalue weighted by Gasteiger charge is -2.24. The lowest BCUT2D eigenvalue weighted by molar-refractivity contribution is -0.129. The molecule has 0 spiro atoms. The molecular formula is C18H23ClN2O4. The summed E-state index contributed by atoms with van der Waals surface area (Å²) < 4.78 is 10.5. The summed E-state index contributed by atoms with van der Waals surface area (Å²) >= 11 is 6.14. The fourth-order valence-electron chi connectivity index (χ4n) is 3.67. The van der Waals surface area contributed by atoms with E-state index in [0.29, 0.717) is 34.8 Å². The Hall–Kier alpha value is -1.95. The Kier molecular flexibility index (Phi) is 5.37. The van der Waals surface area contributed by atoms with Crippen LogP contribution < -0.4 is 14.8 Å². The second-order valence-electron chi connectivity index (χ2n) is 6.56. The highest BCUT2D eigenvalue weighted by molar-refractivity contribution is 6.32. The van der Waals surface area contributed by atoms with Crippen LogP contribution in [0, 0.1) is 5.92 Å². The number of hydrogen-bond acceptors (Lipinski definition) is 4. The molecule has 1 aromatic rings. The molecule has 0 aromatic heterocycles. The molecule has 2 amide bonds. The number of benzene rings is 1. The van der Waals surface area contributed by atoms with Crippen LogP contribution in [0.25, 0.3) is 0 Å². The molecule has 0 radical (unpaired) electrons. The van der Waals surface area contributed by atoms with E-state index in [4.69, 9.17) is 21.1 Å². The van der Waals surface area contributed by atoms with Gasteiger partial charge in [-0.3, -0.25) is 9.59 Å². The summed E-state index contributed by atoms with van der Waals surface area (Å²) in [6.07, 6.45) is 4.66. The molecule has 1 aliphatic carbocycles. The van der Waals surface area contributed by atoms with Crippen LogP contribution in [0.1, 0.15) is 32.1 Å². The lowest BCUT2D eigenvalue weighted by Crippen LogP contribution is -2.35. The molecule has 1 heterocycles. The molecule has 1 aliphatic heterocycles. The molecule has 2 fully saturated rings. The van der Waals surface area contributed by atoms with Crippen molar-refractivity contribution in [2.45, 2.75) is 38.1 Å². The lowest BCUT2D eigenvalue weighted by atomic mass is 10.1. The average Bonchev–Trinajstić information content (AvgIpc) is 3.24. The zero-order valence-electron chi connectivity index (χ0n) is 14.5. The van der Waals surface area contributed by atoms with E-state index in [0.717, 1.165) is 25.7 Å². The Balaban J connectivity index is 1.70. The van der Waals surface area contributed by atoms with Crippen molar-refractivity contribution in [2.24, 2.45) is 5.92 Å². The average molecular weight is 367 g/mol. The van der Waals surface area contributed by atoms with Crippen LogP contribution in [-0.4, -0.2) is 43.5 Å². The van der Waals surface area contributed by atoms with Crippen LogP contribution in [-0.2, 0) is 9.59 Å². The Morgan fingerprint density at radius 3 is 2.52 bits per heavy atom. The predicted molar refractivity (Wildman–Crippen MR) is 95.3 cm³/mol. The van der Waals surface area contributed by atoms with Gasteiger partial charge >= 0.3 is 0 Å². The number of anilines is 1. The molecule has 6 nitrogen and oxygen atoms in total. The van der Waals surface area contributed by atoms with E-state index < -0.39 is 0 Å². The monoisotopic (exact) mass is 366 g/mol. The van der Waals surface area contributed by atoms with Gasteiger partial charge in [0, 0.05) is 25.1 Å². The number of rotatable bonds is 5. The second-order valence-corrected chi connectivity index (χ2v) is 6.97. The minimum Gasteiger partial charge on any atom is -0.495 e. The number of halogens is 1. The molecule has 1 saturated heterocycles. The van der Waals surface area contributed by atoms with Crippen LogP contribution in [0.4, 0.5) is 5.69 Å². The normalized spacial score (nSPS) is 20.8. The van der Waals surface area contributed by atoms with Crippen molar-refractivity contribution in [1.82, 2.24) is 4.90 Å². The van der Waals surface area contributed by atoms with Crippen molar-refractivity contribution >= 4 is 29.1 Å². The minimum atomic E-state index is -0.348. The highest BCUT2D eigenvalue weighted by Gasteiger charge is 2.38. The summed E-state index contributed by atoms with van der Waals surface area (Å²) in [6.45, 7) is 0.488. The van der Waals surface area contributed by atoms with E-state index in [1.54, 1.807) is 12.1 Å². The van der Waals surface area contributed by atoms with Gasteiger partial charge < -0.3 is 19.7 Å². The highest BCUT2D eigenvalue weighted by Crippen LogP contribution is 2.37. The van der Waals surface area contributed by atoms with Crippen molar-refractivity contribution < 1.29 is 19.1 Å². The maximum absolute atomic E-state index is 12.6. The van der Waals surface area contributed by atoms with Crippen molar-refractivity contribution in [3.05, 3.63) is 17.2 Å². The Bertz CT molecular complexity index is 673. The molecule has 3 rings (SSSR count). The number of methoxy groups -OCH3 is 2. The van der Waals surface area contributed by atoms with Crippen molar-refractivity contribution in [2.75, 3.05) is 26.1 Å². The number of nitrogens with one attached hydrogen (secondary N) is 1. The van der Waals surface area contributed by atoms with Gasteiger partial charge in [0.05, 0.1) is 30.8 Å². The number of carbonyl (C=O) groups is 2. The second kappa shape index (κ2) is 7.52. The third kappa shape index (κ3) is 3.68. The molecule has 1 aromatic carbocycles. The molecule has 2 aliphatic rings. The summed E-state index contributed by atoms with van der Waals surface area (Å²) in [7, 11) is 3.03.